The molecule has 0 radical (unpaired) electrons. The van der Waals surface area contributed by atoms with Crippen LogP contribution in [0.1, 0.15) is 39.5 Å². The highest BCUT2D eigenvalue weighted by Gasteiger charge is 1.99. The van der Waals surface area contributed by atoms with Gasteiger partial charge in [0.1, 0.15) is 0 Å². The van der Waals surface area contributed by atoms with Crippen molar-refractivity contribution in [3.63, 3.8) is 0 Å². The molecule has 0 spiro atoms. The molecule has 0 aromatic heterocycles. The Morgan fingerprint density at radius 1 is 0.773 bits per heavy atom. The van der Waals surface area contributed by atoms with E-state index in [1.807, 2.05) is 13.8 Å². The summed E-state index contributed by atoms with van der Waals surface area (Å²) in [7, 11) is 0. The van der Waals surface area contributed by atoms with E-state index < -0.39 is 11.9 Å². The van der Waals surface area contributed by atoms with Gasteiger partial charge < -0.3 is 29.9 Å². The molecule has 0 bridgehead atoms. The van der Waals surface area contributed by atoms with Gasteiger partial charge in [-0.25, -0.2) is 0 Å². The van der Waals surface area contributed by atoms with E-state index in [1.54, 1.807) is 0 Å². The van der Waals surface area contributed by atoms with E-state index in [1.165, 1.54) is 0 Å². The Balaban J connectivity index is -0.000000263. The number of aliphatic hydroxyl groups excluding tert-OH is 2. The summed E-state index contributed by atoms with van der Waals surface area (Å²) >= 11 is 0. The van der Waals surface area contributed by atoms with E-state index in [-0.39, 0.29) is 26.1 Å². The van der Waals surface area contributed by atoms with Crippen LogP contribution in [0.4, 0.5) is 0 Å². The van der Waals surface area contributed by atoms with Crippen molar-refractivity contribution in [2.45, 2.75) is 39.5 Å². The zero-order valence-electron chi connectivity index (χ0n) is 13.5. The monoisotopic (exact) mass is 326 g/mol. The van der Waals surface area contributed by atoms with Crippen LogP contribution in [-0.4, -0.2) is 72.0 Å². The molecule has 4 N–H and O–H groups in total. The molecule has 0 unspecified atom stereocenters. The Bertz CT molecular complexity index is 211. The molecule has 0 aliphatic rings. The number of aliphatic carboxylic acids is 2. The van der Waals surface area contributed by atoms with Crippen molar-refractivity contribution in [1.82, 2.24) is 0 Å². The molecule has 0 fully saturated rings. The van der Waals surface area contributed by atoms with Crippen molar-refractivity contribution in [2.24, 2.45) is 0 Å². The number of hydrogen-bond acceptors (Lipinski definition) is 6. The van der Waals surface area contributed by atoms with E-state index in [9.17, 15) is 9.59 Å². The smallest absolute Gasteiger partial charge is 0.303 e. The zero-order valence-corrected chi connectivity index (χ0v) is 13.5. The topological polar surface area (TPSA) is 134 Å². The largest absolute Gasteiger partial charge is 0.481 e. The SMILES string of the molecule is CCOCC.O=C(O)CCCCC(=O)O.OCCOCCO. The third-order valence-electron chi connectivity index (χ3n) is 1.91. The van der Waals surface area contributed by atoms with Crippen molar-refractivity contribution in [1.29, 1.82) is 0 Å². The van der Waals surface area contributed by atoms with Gasteiger partial charge in [-0.1, -0.05) is 0 Å². The lowest BCUT2D eigenvalue weighted by atomic mass is 10.2. The Morgan fingerprint density at radius 2 is 1.14 bits per heavy atom. The Hall–Kier alpha value is -1.22. The third-order valence-corrected chi connectivity index (χ3v) is 1.91. The molecule has 0 atom stereocenters. The van der Waals surface area contributed by atoms with Gasteiger partial charge in [-0.05, 0) is 26.7 Å². The van der Waals surface area contributed by atoms with Crippen LogP contribution in [0.15, 0.2) is 0 Å². The van der Waals surface area contributed by atoms with Crippen molar-refractivity contribution in [3.8, 4) is 0 Å². The molecule has 0 aromatic rings. The minimum atomic E-state index is -0.870. The molecular formula is C14H30O8. The van der Waals surface area contributed by atoms with Gasteiger partial charge in [0.2, 0.25) is 0 Å². The predicted molar refractivity (Wildman–Crippen MR) is 80.9 cm³/mol. The fourth-order valence-corrected chi connectivity index (χ4v) is 0.988. The molecule has 8 nitrogen and oxygen atoms in total. The summed E-state index contributed by atoms with van der Waals surface area (Å²) in [4.78, 5) is 19.8. The average molecular weight is 326 g/mol. The molecule has 134 valence electrons. The number of rotatable bonds is 11. The third kappa shape index (κ3) is 42.8. The molecule has 0 aromatic carbocycles. The van der Waals surface area contributed by atoms with E-state index >= 15 is 0 Å². The van der Waals surface area contributed by atoms with Gasteiger partial charge in [-0.2, -0.15) is 0 Å². The van der Waals surface area contributed by atoms with Crippen LogP contribution in [-0.2, 0) is 19.1 Å². The summed E-state index contributed by atoms with van der Waals surface area (Å²) in [5.41, 5.74) is 0. The van der Waals surface area contributed by atoms with E-state index in [2.05, 4.69) is 4.74 Å². The summed E-state index contributed by atoms with van der Waals surface area (Å²) in [6.45, 7) is 6.36. The first kappa shape index (κ1) is 25.7. The van der Waals surface area contributed by atoms with Crippen molar-refractivity contribution in [3.05, 3.63) is 0 Å². The summed E-state index contributed by atoms with van der Waals surface area (Å²) in [5, 5.41) is 32.4. The predicted octanol–water partition coefficient (Wildman–Crippen LogP) is 0.746. The molecule has 0 aliphatic carbocycles. The zero-order chi connectivity index (χ0) is 17.6. The van der Waals surface area contributed by atoms with Crippen LogP contribution in [0.2, 0.25) is 0 Å². The summed E-state index contributed by atoms with van der Waals surface area (Å²) in [6.07, 6.45) is 1.02. The summed E-state index contributed by atoms with van der Waals surface area (Å²) < 4.78 is 9.47. The molecule has 0 saturated carbocycles. The number of ether oxygens (including phenoxy) is 2. The molecule has 0 heterocycles. The van der Waals surface area contributed by atoms with Gasteiger partial charge in [0.15, 0.2) is 0 Å². The number of aliphatic hydroxyl groups is 2. The van der Waals surface area contributed by atoms with Gasteiger partial charge in [-0.15, -0.1) is 0 Å². The number of carboxylic acids is 2. The highest BCUT2D eigenvalue weighted by molar-refractivity contribution is 5.67. The van der Waals surface area contributed by atoms with Crippen LogP contribution in [0, 0.1) is 0 Å². The van der Waals surface area contributed by atoms with E-state index in [4.69, 9.17) is 25.2 Å². The Labute approximate surface area is 131 Å². The second kappa shape index (κ2) is 24.8. The lowest BCUT2D eigenvalue weighted by Crippen LogP contribution is -2.03. The first-order chi connectivity index (χ1) is 10.5. The van der Waals surface area contributed by atoms with E-state index in [0.717, 1.165) is 13.2 Å². The lowest BCUT2D eigenvalue weighted by Gasteiger charge is -1.94. The molecule has 0 rings (SSSR count). The Kier molecular flexibility index (Phi) is 29.0. The lowest BCUT2D eigenvalue weighted by molar-refractivity contribution is -0.139. The van der Waals surface area contributed by atoms with Crippen molar-refractivity contribution >= 4 is 11.9 Å². The fourth-order valence-electron chi connectivity index (χ4n) is 0.988. The van der Waals surface area contributed by atoms with Crippen LogP contribution < -0.4 is 0 Å². The quantitative estimate of drug-likeness (QED) is 0.409. The van der Waals surface area contributed by atoms with Gasteiger partial charge >= 0.3 is 11.9 Å². The number of carboxylic acid groups (broad SMARTS) is 2. The molecule has 22 heavy (non-hydrogen) atoms. The van der Waals surface area contributed by atoms with Gasteiger partial charge in [0.05, 0.1) is 26.4 Å². The van der Waals surface area contributed by atoms with Crippen LogP contribution in [0.5, 0.6) is 0 Å². The second-order valence-corrected chi connectivity index (χ2v) is 3.84. The average Bonchev–Trinajstić information content (AvgIpc) is 2.46. The molecule has 0 aliphatic heterocycles. The van der Waals surface area contributed by atoms with Crippen LogP contribution >= 0.6 is 0 Å². The van der Waals surface area contributed by atoms with Gasteiger partial charge in [-0.3, -0.25) is 9.59 Å². The standard InChI is InChI=1S/C6H10O4.C4H10O3.C4H10O/c7-5(8)3-1-2-4-6(9)10;5-1-3-7-4-2-6;1-3-5-4-2/h1-4H2,(H,7,8)(H,9,10);5-6H,1-4H2;3-4H2,1-2H3. The number of hydrogen-bond donors (Lipinski definition) is 4. The molecule has 0 saturated heterocycles. The maximum absolute atomic E-state index is 9.90. The fraction of sp³-hybridized carbons (Fsp3) is 0.857. The Morgan fingerprint density at radius 3 is 1.32 bits per heavy atom. The maximum atomic E-state index is 9.90. The first-order valence-corrected chi connectivity index (χ1v) is 7.26. The van der Waals surface area contributed by atoms with Crippen molar-refractivity contribution < 1.29 is 39.5 Å². The summed E-state index contributed by atoms with van der Waals surface area (Å²) in [5.74, 6) is -1.74. The second-order valence-electron chi connectivity index (χ2n) is 3.84. The number of unbranched alkanes of at least 4 members (excludes halogenated alkanes) is 1. The molecular weight excluding hydrogens is 296 g/mol. The minimum absolute atomic E-state index is 0.0278. The normalized spacial score (nSPS) is 9.09. The summed E-state index contributed by atoms with van der Waals surface area (Å²) in [6, 6.07) is 0. The van der Waals surface area contributed by atoms with Crippen LogP contribution in [0.3, 0.4) is 0 Å². The molecule has 0 amide bonds. The van der Waals surface area contributed by atoms with E-state index in [0.29, 0.717) is 26.1 Å². The maximum Gasteiger partial charge on any atom is 0.303 e. The van der Waals surface area contributed by atoms with Crippen LogP contribution in [0.25, 0.3) is 0 Å². The minimum Gasteiger partial charge on any atom is -0.481 e. The highest BCUT2D eigenvalue weighted by atomic mass is 16.5. The highest BCUT2D eigenvalue weighted by Crippen LogP contribution is 1.98. The van der Waals surface area contributed by atoms with Gasteiger partial charge in [0.25, 0.3) is 0 Å². The van der Waals surface area contributed by atoms with Gasteiger partial charge in [0, 0.05) is 26.1 Å². The van der Waals surface area contributed by atoms with Crippen molar-refractivity contribution in [2.75, 3.05) is 39.6 Å². The molecule has 8 heteroatoms. The first-order valence-electron chi connectivity index (χ1n) is 7.26. The number of carbonyl (C=O) groups is 2.